The van der Waals surface area contributed by atoms with E-state index in [4.69, 9.17) is 4.74 Å². The molecule has 0 saturated heterocycles. The summed E-state index contributed by atoms with van der Waals surface area (Å²) in [5.74, 6) is 0.490. The van der Waals surface area contributed by atoms with Crippen LogP contribution in [0.1, 0.15) is 16.5 Å². The third kappa shape index (κ3) is 3.05. The number of aliphatic hydroxyl groups excluding tert-OH is 1. The van der Waals surface area contributed by atoms with Gasteiger partial charge >= 0.3 is 0 Å². The van der Waals surface area contributed by atoms with Gasteiger partial charge in [0.2, 0.25) is 0 Å². The highest BCUT2D eigenvalue weighted by molar-refractivity contribution is 7.10. The number of methoxy groups -OCH3 is 1. The van der Waals surface area contributed by atoms with E-state index in [1.165, 1.54) is 23.5 Å². The van der Waals surface area contributed by atoms with E-state index < -0.39 is 6.10 Å². The standard InChI is InChI=1S/C13H13FO2S/c1-16-11-7-13(17-8-11)12(15)6-9-2-4-10(14)5-3-9/h2-5,7-8,12,15H,6H2,1H3. The normalized spacial score (nSPS) is 12.4. The molecular weight excluding hydrogens is 239 g/mol. The molecule has 0 aliphatic carbocycles. The number of hydrogen-bond donors (Lipinski definition) is 1. The van der Waals surface area contributed by atoms with Gasteiger partial charge in [0.25, 0.3) is 0 Å². The molecule has 1 aromatic heterocycles. The van der Waals surface area contributed by atoms with Crippen LogP contribution >= 0.6 is 11.3 Å². The lowest BCUT2D eigenvalue weighted by Crippen LogP contribution is -1.99. The van der Waals surface area contributed by atoms with E-state index in [1.54, 1.807) is 19.2 Å². The van der Waals surface area contributed by atoms with Crippen molar-refractivity contribution in [2.75, 3.05) is 7.11 Å². The summed E-state index contributed by atoms with van der Waals surface area (Å²) in [7, 11) is 1.60. The summed E-state index contributed by atoms with van der Waals surface area (Å²) >= 11 is 1.46. The molecule has 0 fully saturated rings. The Labute approximate surface area is 103 Å². The molecule has 90 valence electrons. The Morgan fingerprint density at radius 1 is 1.35 bits per heavy atom. The van der Waals surface area contributed by atoms with Gasteiger partial charge < -0.3 is 9.84 Å². The molecule has 17 heavy (non-hydrogen) atoms. The molecule has 2 rings (SSSR count). The van der Waals surface area contributed by atoms with Crippen molar-refractivity contribution >= 4 is 11.3 Å². The number of aliphatic hydroxyl groups is 1. The van der Waals surface area contributed by atoms with Gasteiger partial charge in [-0.15, -0.1) is 11.3 Å². The van der Waals surface area contributed by atoms with Crippen LogP contribution in [0.3, 0.4) is 0 Å². The topological polar surface area (TPSA) is 29.5 Å². The first-order valence-electron chi connectivity index (χ1n) is 5.24. The Hall–Kier alpha value is -1.39. The van der Waals surface area contributed by atoms with Crippen molar-refractivity contribution in [1.29, 1.82) is 0 Å². The minimum absolute atomic E-state index is 0.263. The zero-order valence-electron chi connectivity index (χ0n) is 9.39. The van der Waals surface area contributed by atoms with E-state index in [0.717, 1.165) is 16.2 Å². The highest BCUT2D eigenvalue weighted by Crippen LogP contribution is 2.28. The Bertz CT molecular complexity index is 478. The first-order chi connectivity index (χ1) is 8.19. The summed E-state index contributed by atoms with van der Waals surface area (Å²) in [4.78, 5) is 0.853. The maximum atomic E-state index is 12.7. The van der Waals surface area contributed by atoms with Crippen molar-refractivity contribution in [3.05, 3.63) is 52.0 Å². The molecule has 0 aliphatic heterocycles. The molecule has 0 bridgehead atoms. The van der Waals surface area contributed by atoms with Crippen LogP contribution in [0.4, 0.5) is 4.39 Å². The SMILES string of the molecule is COc1csc(C(O)Cc2ccc(F)cc2)c1. The van der Waals surface area contributed by atoms with Crippen molar-refractivity contribution in [1.82, 2.24) is 0 Å². The highest BCUT2D eigenvalue weighted by atomic mass is 32.1. The predicted molar refractivity (Wildman–Crippen MR) is 65.9 cm³/mol. The molecular formula is C13H13FO2S. The lowest BCUT2D eigenvalue weighted by Gasteiger charge is -2.08. The first kappa shape index (κ1) is 12.1. The van der Waals surface area contributed by atoms with Crippen molar-refractivity contribution < 1.29 is 14.2 Å². The second-order valence-electron chi connectivity index (χ2n) is 3.74. The van der Waals surface area contributed by atoms with Crippen LogP contribution in [0.15, 0.2) is 35.7 Å². The van der Waals surface area contributed by atoms with Gasteiger partial charge in [-0.3, -0.25) is 0 Å². The zero-order chi connectivity index (χ0) is 12.3. The maximum absolute atomic E-state index is 12.7. The molecule has 1 heterocycles. The molecule has 4 heteroatoms. The second kappa shape index (κ2) is 5.29. The van der Waals surface area contributed by atoms with Gasteiger partial charge in [0, 0.05) is 16.7 Å². The van der Waals surface area contributed by atoms with Crippen molar-refractivity contribution in [3.63, 3.8) is 0 Å². The largest absolute Gasteiger partial charge is 0.496 e. The van der Waals surface area contributed by atoms with Gasteiger partial charge in [0.1, 0.15) is 11.6 Å². The summed E-state index contributed by atoms with van der Waals surface area (Å²) in [6, 6.07) is 7.99. The van der Waals surface area contributed by atoms with E-state index in [-0.39, 0.29) is 5.82 Å². The Balaban J connectivity index is 2.05. The van der Waals surface area contributed by atoms with E-state index in [2.05, 4.69) is 0 Å². The van der Waals surface area contributed by atoms with Crippen LogP contribution in [0.25, 0.3) is 0 Å². The van der Waals surface area contributed by atoms with Crippen molar-refractivity contribution in [3.8, 4) is 5.75 Å². The molecule has 0 spiro atoms. The quantitative estimate of drug-likeness (QED) is 0.905. The number of ether oxygens (including phenoxy) is 1. The molecule has 1 unspecified atom stereocenters. The average Bonchev–Trinajstić information content (AvgIpc) is 2.81. The first-order valence-corrected chi connectivity index (χ1v) is 6.12. The molecule has 0 saturated carbocycles. The fourth-order valence-corrected chi connectivity index (χ4v) is 2.40. The number of hydrogen-bond acceptors (Lipinski definition) is 3. The number of thiophene rings is 1. The summed E-state index contributed by atoms with van der Waals surface area (Å²) < 4.78 is 17.8. The maximum Gasteiger partial charge on any atom is 0.129 e. The fourth-order valence-electron chi connectivity index (χ4n) is 1.56. The lowest BCUT2D eigenvalue weighted by atomic mass is 10.1. The molecule has 2 nitrogen and oxygen atoms in total. The molecule has 1 atom stereocenters. The third-order valence-corrected chi connectivity index (χ3v) is 3.51. The van der Waals surface area contributed by atoms with E-state index in [1.807, 2.05) is 11.4 Å². The minimum atomic E-state index is -0.575. The second-order valence-corrected chi connectivity index (χ2v) is 4.68. The van der Waals surface area contributed by atoms with Crippen molar-refractivity contribution in [2.45, 2.75) is 12.5 Å². The number of benzene rings is 1. The number of rotatable bonds is 4. The van der Waals surface area contributed by atoms with E-state index >= 15 is 0 Å². The molecule has 2 aromatic rings. The molecule has 0 aliphatic rings. The van der Waals surface area contributed by atoms with Gasteiger partial charge in [-0.2, -0.15) is 0 Å². The van der Waals surface area contributed by atoms with Gasteiger partial charge in [-0.1, -0.05) is 12.1 Å². The van der Waals surface area contributed by atoms with Crippen LogP contribution in [0.5, 0.6) is 5.75 Å². The highest BCUT2D eigenvalue weighted by Gasteiger charge is 2.11. The van der Waals surface area contributed by atoms with Gasteiger partial charge in [-0.05, 0) is 23.8 Å². The smallest absolute Gasteiger partial charge is 0.129 e. The van der Waals surface area contributed by atoms with Crippen LogP contribution in [-0.4, -0.2) is 12.2 Å². The Kier molecular flexibility index (Phi) is 3.76. The lowest BCUT2D eigenvalue weighted by molar-refractivity contribution is 0.182. The molecule has 0 radical (unpaired) electrons. The van der Waals surface area contributed by atoms with Crippen LogP contribution in [-0.2, 0) is 6.42 Å². The Morgan fingerprint density at radius 3 is 2.65 bits per heavy atom. The third-order valence-electron chi connectivity index (χ3n) is 2.50. The van der Waals surface area contributed by atoms with Gasteiger partial charge in [-0.25, -0.2) is 4.39 Å². The van der Waals surface area contributed by atoms with Crippen LogP contribution < -0.4 is 4.74 Å². The van der Waals surface area contributed by atoms with E-state index in [9.17, 15) is 9.50 Å². The summed E-state index contributed by atoms with van der Waals surface area (Å²) in [5.41, 5.74) is 0.909. The number of halogens is 1. The molecule has 1 aromatic carbocycles. The van der Waals surface area contributed by atoms with Crippen LogP contribution in [0.2, 0.25) is 0 Å². The summed E-state index contributed by atoms with van der Waals surface area (Å²) in [5, 5.41) is 11.9. The Morgan fingerprint density at radius 2 is 2.06 bits per heavy atom. The van der Waals surface area contributed by atoms with Crippen molar-refractivity contribution in [2.24, 2.45) is 0 Å². The van der Waals surface area contributed by atoms with E-state index in [0.29, 0.717) is 6.42 Å². The average molecular weight is 252 g/mol. The predicted octanol–water partition coefficient (Wildman–Crippen LogP) is 3.17. The molecule has 1 N–H and O–H groups in total. The zero-order valence-corrected chi connectivity index (χ0v) is 10.2. The van der Waals surface area contributed by atoms with Gasteiger partial charge in [0.15, 0.2) is 0 Å². The van der Waals surface area contributed by atoms with Crippen LogP contribution in [0, 0.1) is 5.82 Å². The fraction of sp³-hybridized carbons (Fsp3) is 0.231. The summed E-state index contributed by atoms with van der Waals surface area (Å²) in [6.45, 7) is 0. The summed E-state index contributed by atoms with van der Waals surface area (Å²) in [6.07, 6.45) is -0.0985. The molecule has 0 amide bonds. The minimum Gasteiger partial charge on any atom is -0.496 e. The monoisotopic (exact) mass is 252 g/mol. The van der Waals surface area contributed by atoms with Gasteiger partial charge in [0.05, 0.1) is 13.2 Å².